The van der Waals surface area contributed by atoms with E-state index in [9.17, 15) is 4.79 Å². The summed E-state index contributed by atoms with van der Waals surface area (Å²) in [6.45, 7) is 4.51. The van der Waals surface area contributed by atoms with Crippen molar-refractivity contribution in [1.82, 2.24) is 10.2 Å². The number of rotatable bonds is 3. The second-order valence-electron chi connectivity index (χ2n) is 7.55. The van der Waals surface area contributed by atoms with Gasteiger partial charge in [0.15, 0.2) is 0 Å². The number of amides is 1. The maximum Gasteiger partial charge on any atom is 0.241 e. The minimum atomic E-state index is 0.0750. The third-order valence-corrected chi connectivity index (χ3v) is 6.15. The topological polar surface area (TPSA) is 32.3 Å². The first-order chi connectivity index (χ1) is 10.2. The fourth-order valence-electron chi connectivity index (χ4n) is 4.86. The van der Waals surface area contributed by atoms with E-state index in [1.165, 1.54) is 57.8 Å². The molecule has 2 saturated carbocycles. The Kier molecular flexibility index (Phi) is 4.88. The van der Waals surface area contributed by atoms with Crippen molar-refractivity contribution in [2.75, 3.05) is 0 Å². The highest BCUT2D eigenvalue weighted by Gasteiger charge is 2.46. The van der Waals surface area contributed by atoms with E-state index in [4.69, 9.17) is 0 Å². The van der Waals surface area contributed by atoms with Crippen LogP contribution in [-0.4, -0.2) is 29.1 Å². The average Bonchev–Trinajstić information content (AvgIpc) is 3.06. The maximum absolute atomic E-state index is 12.9. The minimum Gasteiger partial charge on any atom is -0.322 e. The molecule has 3 nitrogen and oxygen atoms in total. The summed E-state index contributed by atoms with van der Waals surface area (Å²) in [5, 5.41) is 3.70. The molecule has 1 saturated heterocycles. The standard InChI is InChI=1S/C18H32N2O/c1-3-15-18(21)20(16-12-6-4-5-9-13(16)2)17(19-15)14-10-7-8-11-14/h13-17,19H,3-12H2,1-2H3. The molecule has 120 valence electrons. The summed E-state index contributed by atoms with van der Waals surface area (Å²) >= 11 is 0. The van der Waals surface area contributed by atoms with Gasteiger partial charge in [0.1, 0.15) is 0 Å². The quantitative estimate of drug-likeness (QED) is 0.805. The normalized spacial score (nSPS) is 39.0. The Morgan fingerprint density at radius 1 is 1.05 bits per heavy atom. The average molecular weight is 292 g/mol. The summed E-state index contributed by atoms with van der Waals surface area (Å²) in [7, 11) is 0. The highest BCUT2D eigenvalue weighted by Crippen LogP contribution is 2.37. The fraction of sp³-hybridized carbons (Fsp3) is 0.944. The molecule has 3 fully saturated rings. The van der Waals surface area contributed by atoms with Crippen molar-refractivity contribution in [1.29, 1.82) is 0 Å². The van der Waals surface area contributed by atoms with Gasteiger partial charge in [-0.15, -0.1) is 0 Å². The van der Waals surface area contributed by atoms with Crippen molar-refractivity contribution >= 4 is 5.91 Å². The Balaban J connectivity index is 1.81. The van der Waals surface area contributed by atoms with E-state index in [1.54, 1.807) is 0 Å². The number of carbonyl (C=O) groups is 1. The molecule has 1 heterocycles. The molecule has 3 heteroatoms. The van der Waals surface area contributed by atoms with Crippen molar-refractivity contribution < 1.29 is 4.79 Å². The molecule has 0 aromatic heterocycles. The van der Waals surface area contributed by atoms with Gasteiger partial charge in [0, 0.05) is 6.04 Å². The minimum absolute atomic E-state index is 0.0750. The van der Waals surface area contributed by atoms with Crippen LogP contribution in [0.2, 0.25) is 0 Å². The summed E-state index contributed by atoms with van der Waals surface area (Å²) in [4.78, 5) is 15.2. The predicted octanol–water partition coefficient (Wildman–Crippen LogP) is 3.68. The first-order valence-electron chi connectivity index (χ1n) is 9.30. The highest BCUT2D eigenvalue weighted by molar-refractivity contribution is 5.84. The van der Waals surface area contributed by atoms with Crippen LogP contribution >= 0.6 is 0 Å². The predicted molar refractivity (Wildman–Crippen MR) is 85.8 cm³/mol. The summed E-state index contributed by atoms with van der Waals surface area (Å²) in [6.07, 6.45) is 13.1. The Morgan fingerprint density at radius 3 is 2.43 bits per heavy atom. The SMILES string of the molecule is CCC1NC(C2CCCC2)N(C2CCCCCC2C)C1=O. The number of carbonyl (C=O) groups excluding carboxylic acids is 1. The molecular weight excluding hydrogens is 260 g/mol. The van der Waals surface area contributed by atoms with E-state index in [0.717, 1.165) is 6.42 Å². The largest absolute Gasteiger partial charge is 0.322 e. The van der Waals surface area contributed by atoms with Crippen LogP contribution in [0.3, 0.4) is 0 Å². The van der Waals surface area contributed by atoms with Gasteiger partial charge in [-0.05, 0) is 43.9 Å². The number of nitrogens with zero attached hydrogens (tertiary/aromatic N) is 1. The van der Waals surface area contributed by atoms with Crippen molar-refractivity contribution in [2.24, 2.45) is 11.8 Å². The summed E-state index contributed by atoms with van der Waals surface area (Å²) < 4.78 is 0. The van der Waals surface area contributed by atoms with Crippen LogP contribution in [0.4, 0.5) is 0 Å². The van der Waals surface area contributed by atoms with E-state index in [-0.39, 0.29) is 6.04 Å². The molecule has 2 aliphatic carbocycles. The van der Waals surface area contributed by atoms with Gasteiger partial charge in [-0.25, -0.2) is 0 Å². The van der Waals surface area contributed by atoms with Crippen molar-refractivity contribution in [3.05, 3.63) is 0 Å². The molecule has 0 aromatic rings. The lowest BCUT2D eigenvalue weighted by Crippen LogP contribution is -2.50. The number of nitrogens with one attached hydrogen (secondary N) is 1. The van der Waals surface area contributed by atoms with Crippen LogP contribution in [-0.2, 0) is 4.79 Å². The lowest BCUT2D eigenvalue weighted by atomic mass is 9.93. The summed E-state index contributed by atoms with van der Waals surface area (Å²) in [5.41, 5.74) is 0. The van der Waals surface area contributed by atoms with Crippen LogP contribution in [0, 0.1) is 11.8 Å². The van der Waals surface area contributed by atoms with Gasteiger partial charge in [-0.3, -0.25) is 10.1 Å². The maximum atomic E-state index is 12.9. The Hall–Kier alpha value is -0.570. The van der Waals surface area contributed by atoms with Gasteiger partial charge in [-0.2, -0.15) is 0 Å². The van der Waals surface area contributed by atoms with Crippen LogP contribution in [0.5, 0.6) is 0 Å². The zero-order valence-corrected chi connectivity index (χ0v) is 13.8. The van der Waals surface area contributed by atoms with Crippen LogP contribution in [0.25, 0.3) is 0 Å². The molecule has 21 heavy (non-hydrogen) atoms. The Labute approximate surface area is 129 Å². The highest BCUT2D eigenvalue weighted by atomic mass is 16.2. The second-order valence-corrected chi connectivity index (χ2v) is 7.55. The zero-order valence-electron chi connectivity index (χ0n) is 13.8. The first-order valence-corrected chi connectivity index (χ1v) is 9.30. The molecule has 4 unspecified atom stereocenters. The van der Waals surface area contributed by atoms with Gasteiger partial charge in [0.2, 0.25) is 5.91 Å². The van der Waals surface area contributed by atoms with Gasteiger partial charge in [0.05, 0.1) is 12.2 Å². The van der Waals surface area contributed by atoms with Gasteiger partial charge in [0.25, 0.3) is 0 Å². The Bertz CT molecular complexity index is 364. The summed E-state index contributed by atoms with van der Waals surface area (Å²) in [6, 6.07) is 0.556. The smallest absolute Gasteiger partial charge is 0.241 e. The van der Waals surface area contributed by atoms with E-state index < -0.39 is 0 Å². The molecule has 4 atom stereocenters. The monoisotopic (exact) mass is 292 g/mol. The van der Waals surface area contributed by atoms with Crippen LogP contribution < -0.4 is 5.32 Å². The lowest BCUT2D eigenvalue weighted by molar-refractivity contribution is -0.134. The molecule has 3 aliphatic rings. The summed E-state index contributed by atoms with van der Waals surface area (Å²) in [5.74, 6) is 1.76. The molecule has 0 bridgehead atoms. The van der Waals surface area contributed by atoms with Gasteiger partial charge >= 0.3 is 0 Å². The van der Waals surface area contributed by atoms with Crippen LogP contribution in [0.1, 0.15) is 78.1 Å². The fourth-order valence-corrected chi connectivity index (χ4v) is 4.86. The van der Waals surface area contributed by atoms with Crippen LogP contribution in [0.15, 0.2) is 0 Å². The van der Waals surface area contributed by atoms with Crippen molar-refractivity contribution in [3.63, 3.8) is 0 Å². The first kappa shape index (κ1) is 15.3. The second kappa shape index (κ2) is 6.68. The van der Waals surface area contributed by atoms with Crippen molar-refractivity contribution in [2.45, 2.75) is 96.3 Å². The molecule has 0 radical (unpaired) electrons. The van der Waals surface area contributed by atoms with E-state index in [0.29, 0.717) is 30.0 Å². The molecule has 0 spiro atoms. The molecule has 3 rings (SSSR count). The zero-order chi connectivity index (χ0) is 14.8. The van der Waals surface area contributed by atoms with Gasteiger partial charge in [-0.1, -0.05) is 46.0 Å². The molecule has 1 aliphatic heterocycles. The lowest BCUT2D eigenvalue weighted by Gasteiger charge is -2.38. The third kappa shape index (κ3) is 2.99. The number of hydrogen-bond donors (Lipinski definition) is 1. The molecular formula is C18H32N2O. The molecule has 0 aromatic carbocycles. The molecule has 1 amide bonds. The third-order valence-electron chi connectivity index (χ3n) is 6.15. The van der Waals surface area contributed by atoms with E-state index in [1.807, 2.05) is 0 Å². The van der Waals surface area contributed by atoms with E-state index in [2.05, 4.69) is 24.1 Å². The van der Waals surface area contributed by atoms with E-state index >= 15 is 0 Å². The number of hydrogen-bond acceptors (Lipinski definition) is 2. The Morgan fingerprint density at radius 2 is 1.71 bits per heavy atom. The molecule has 1 N–H and O–H groups in total. The van der Waals surface area contributed by atoms with Crippen molar-refractivity contribution in [3.8, 4) is 0 Å². The van der Waals surface area contributed by atoms with Gasteiger partial charge < -0.3 is 4.90 Å².